The smallest absolute Gasteiger partial charge is 0.137 e. The van der Waals surface area contributed by atoms with Gasteiger partial charge in [0.2, 0.25) is 0 Å². The number of hydrogen-bond donors (Lipinski definition) is 1. The van der Waals surface area contributed by atoms with Crippen molar-refractivity contribution < 1.29 is 9.84 Å². The minimum atomic E-state index is -0.384. The number of halogens is 1. The Morgan fingerprint density at radius 1 is 1.67 bits per heavy atom. The summed E-state index contributed by atoms with van der Waals surface area (Å²) in [5.74, 6) is 0.724. The van der Waals surface area contributed by atoms with Gasteiger partial charge >= 0.3 is 0 Å². The first-order valence-electron chi connectivity index (χ1n) is 4.29. The van der Waals surface area contributed by atoms with E-state index in [0.29, 0.717) is 14.9 Å². The molecule has 1 unspecified atom stereocenters. The molecule has 1 rings (SSSR count). The second kappa shape index (κ2) is 5.03. The molecule has 0 bridgehead atoms. The number of nitriles is 1. The highest BCUT2D eigenvalue weighted by Crippen LogP contribution is 2.30. The average molecular weight is 315 g/mol. The molecule has 0 heterocycles. The van der Waals surface area contributed by atoms with Gasteiger partial charge < -0.3 is 9.84 Å². The van der Waals surface area contributed by atoms with E-state index in [1.54, 1.807) is 25.1 Å². The summed E-state index contributed by atoms with van der Waals surface area (Å²) in [6.07, 6.45) is -0.384. The molecule has 0 aliphatic heterocycles. The third-order valence-electron chi connectivity index (χ3n) is 1.88. The number of phenols is 1. The minimum absolute atomic E-state index is 0.169. The van der Waals surface area contributed by atoms with Crippen LogP contribution < -0.4 is 4.74 Å². The Morgan fingerprint density at radius 2 is 2.33 bits per heavy atom. The molecule has 15 heavy (non-hydrogen) atoms. The molecule has 1 aromatic rings. The van der Waals surface area contributed by atoms with E-state index in [-0.39, 0.29) is 11.9 Å². The summed E-state index contributed by atoms with van der Waals surface area (Å²) in [5, 5.41) is 18.1. The first-order chi connectivity index (χ1) is 7.06. The summed E-state index contributed by atoms with van der Waals surface area (Å²) < 4.78 is 6.12. The molecule has 0 radical (unpaired) electrons. The fourth-order valence-electron chi connectivity index (χ4n) is 0.943. The molecule has 0 aliphatic carbocycles. The maximum absolute atomic E-state index is 9.43. The first-order valence-corrected chi connectivity index (χ1v) is 5.37. The Balaban J connectivity index is 2.87. The lowest BCUT2D eigenvalue weighted by Gasteiger charge is -2.14. The van der Waals surface area contributed by atoms with Gasteiger partial charge in [0.15, 0.2) is 0 Å². The quantitative estimate of drug-likeness (QED) is 0.689. The monoisotopic (exact) mass is 315 g/mol. The molecule has 3 nitrogen and oxygen atoms in total. The van der Waals surface area contributed by atoms with Crippen LogP contribution in [0.5, 0.6) is 11.5 Å². The van der Waals surface area contributed by atoms with Gasteiger partial charge in [-0.2, -0.15) is 5.26 Å². The second-order valence-corrected chi connectivity index (χ2v) is 4.07. The van der Waals surface area contributed by atoms with Gasteiger partial charge in [0.25, 0.3) is 0 Å². The van der Waals surface area contributed by atoms with Crippen LogP contribution in [0, 0.1) is 14.9 Å². The highest BCUT2D eigenvalue weighted by molar-refractivity contribution is 14.1. The van der Waals surface area contributed by atoms with Crippen LogP contribution in [0.25, 0.3) is 0 Å². The highest BCUT2D eigenvalue weighted by Gasteiger charge is 2.11. The Hall–Kier alpha value is -1.22. The van der Waals surface area contributed by atoms with Crippen LogP contribution in [-0.2, 0) is 0 Å². The van der Waals surface area contributed by atoms with Gasteiger partial charge in [-0.15, -0.1) is 0 Å². The number of rotatable bonds is 3. The van der Waals surface area contributed by atoms with Gasteiger partial charge in [0, 0.05) is 0 Å². The fourth-order valence-corrected chi connectivity index (χ4v) is 1.43. The summed E-state index contributed by atoms with van der Waals surface area (Å²) in [6.45, 7) is 5.31. The Kier molecular flexibility index (Phi) is 3.97. The van der Waals surface area contributed by atoms with Crippen molar-refractivity contribution in [1.29, 1.82) is 5.26 Å². The lowest BCUT2D eigenvalue weighted by Crippen LogP contribution is -2.13. The summed E-state index contributed by atoms with van der Waals surface area (Å²) >= 11 is 1.99. The molecule has 0 aromatic heterocycles. The van der Waals surface area contributed by atoms with Gasteiger partial charge in [0.1, 0.15) is 17.6 Å². The van der Waals surface area contributed by atoms with Crippen molar-refractivity contribution in [2.75, 3.05) is 0 Å². The molecule has 0 fully saturated rings. The van der Waals surface area contributed by atoms with E-state index >= 15 is 0 Å². The van der Waals surface area contributed by atoms with E-state index in [0.717, 1.165) is 0 Å². The van der Waals surface area contributed by atoms with Crippen molar-refractivity contribution >= 4 is 22.6 Å². The number of aromatic hydroxyl groups is 1. The maximum atomic E-state index is 9.43. The van der Waals surface area contributed by atoms with Crippen molar-refractivity contribution in [1.82, 2.24) is 0 Å². The first kappa shape index (κ1) is 11.9. The van der Waals surface area contributed by atoms with Crippen LogP contribution in [0.4, 0.5) is 0 Å². The Bertz CT molecular complexity index is 423. The van der Waals surface area contributed by atoms with Crippen molar-refractivity contribution in [3.8, 4) is 17.6 Å². The van der Waals surface area contributed by atoms with E-state index in [1.165, 1.54) is 0 Å². The van der Waals surface area contributed by atoms with E-state index in [4.69, 9.17) is 10.00 Å². The molecule has 1 aromatic carbocycles. The molecule has 1 atom stereocenters. The van der Waals surface area contributed by atoms with Gasteiger partial charge in [-0.05, 0) is 41.6 Å². The van der Waals surface area contributed by atoms with Crippen molar-refractivity contribution in [3.05, 3.63) is 33.9 Å². The van der Waals surface area contributed by atoms with Crippen LogP contribution in [0.1, 0.15) is 6.92 Å². The third kappa shape index (κ3) is 2.86. The normalized spacial score (nSPS) is 11.5. The predicted octanol–water partition coefficient (Wildman–Crippen LogP) is 2.84. The SMILES string of the molecule is C=C(C#N)C(C)Oc1cccc(O)c1I. The maximum Gasteiger partial charge on any atom is 0.137 e. The van der Waals surface area contributed by atoms with E-state index in [2.05, 4.69) is 6.58 Å². The van der Waals surface area contributed by atoms with Crippen molar-refractivity contribution in [2.24, 2.45) is 0 Å². The number of hydrogen-bond acceptors (Lipinski definition) is 3. The number of ether oxygens (including phenoxy) is 1. The minimum Gasteiger partial charge on any atom is -0.507 e. The van der Waals surface area contributed by atoms with E-state index < -0.39 is 0 Å². The van der Waals surface area contributed by atoms with Gasteiger partial charge in [0.05, 0.1) is 15.2 Å². The van der Waals surface area contributed by atoms with Crippen molar-refractivity contribution in [3.63, 3.8) is 0 Å². The number of benzene rings is 1. The molecule has 4 heteroatoms. The van der Waals surface area contributed by atoms with Crippen LogP contribution in [0.15, 0.2) is 30.4 Å². The zero-order valence-corrected chi connectivity index (χ0v) is 10.4. The molecule has 0 spiro atoms. The average Bonchev–Trinajstić information content (AvgIpc) is 2.23. The van der Waals surface area contributed by atoms with Crippen LogP contribution in [-0.4, -0.2) is 11.2 Å². The molecule has 0 saturated carbocycles. The zero-order valence-electron chi connectivity index (χ0n) is 8.20. The van der Waals surface area contributed by atoms with E-state index in [1.807, 2.05) is 28.7 Å². The van der Waals surface area contributed by atoms with E-state index in [9.17, 15) is 5.11 Å². The Labute approximate surface area is 102 Å². The van der Waals surface area contributed by atoms with Crippen LogP contribution in [0.3, 0.4) is 0 Å². The second-order valence-electron chi connectivity index (χ2n) is 2.99. The third-order valence-corrected chi connectivity index (χ3v) is 2.97. The lowest BCUT2D eigenvalue weighted by molar-refractivity contribution is 0.259. The molecule has 0 saturated heterocycles. The molecule has 0 amide bonds. The molecule has 78 valence electrons. The van der Waals surface area contributed by atoms with Crippen molar-refractivity contribution in [2.45, 2.75) is 13.0 Å². The van der Waals surface area contributed by atoms with Crippen LogP contribution >= 0.6 is 22.6 Å². The van der Waals surface area contributed by atoms with Gasteiger partial charge in [-0.1, -0.05) is 12.6 Å². The summed E-state index contributed by atoms with van der Waals surface area (Å²) in [5.41, 5.74) is 0.356. The fraction of sp³-hybridized carbons (Fsp3) is 0.182. The van der Waals surface area contributed by atoms with Gasteiger partial charge in [-0.3, -0.25) is 0 Å². The summed E-state index contributed by atoms with van der Waals surface area (Å²) in [7, 11) is 0. The predicted molar refractivity (Wildman–Crippen MR) is 65.7 cm³/mol. The number of phenolic OH excluding ortho intramolecular Hbond substituents is 1. The van der Waals surface area contributed by atoms with Crippen LogP contribution in [0.2, 0.25) is 0 Å². The lowest BCUT2D eigenvalue weighted by atomic mass is 10.2. The number of nitrogens with zero attached hydrogens (tertiary/aromatic N) is 1. The van der Waals surface area contributed by atoms with Gasteiger partial charge in [-0.25, -0.2) is 0 Å². The highest BCUT2D eigenvalue weighted by atomic mass is 127. The summed E-state index contributed by atoms with van der Waals surface area (Å²) in [4.78, 5) is 0. The molecule has 0 aliphatic rings. The molecular weight excluding hydrogens is 305 g/mol. The molecule has 1 N–H and O–H groups in total. The Morgan fingerprint density at radius 3 is 2.93 bits per heavy atom. The zero-order chi connectivity index (χ0) is 11.4. The summed E-state index contributed by atoms with van der Waals surface area (Å²) in [6, 6.07) is 6.94. The molecular formula is C11H10INO2. The standard InChI is InChI=1S/C11H10INO2/c1-7(6-13)8(2)15-10-5-3-4-9(14)11(10)12/h3-5,8,14H,1H2,2H3. The topological polar surface area (TPSA) is 53.2 Å². The largest absolute Gasteiger partial charge is 0.507 e.